The molecule has 0 aliphatic heterocycles. The van der Waals surface area contributed by atoms with Gasteiger partial charge in [0, 0.05) is 0 Å². The van der Waals surface area contributed by atoms with Crippen LogP contribution in [0.3, 0.4) is 0 Å². The van der Waals surface area contributed by atoms with Crippen molar-refractivity contribution in [3.63, 3.8) is 0 Å². The summed E-state index contributed by atoms with van der Waals surface area (Å²) in [4.78, 5) is 33.9. The smallest absolute Gasteiger partial charge is 0.407 e. The zero-order valence-electron chi connectivity index (χ0n) is 13.7. The third-order valence-corrected chi connectivity index (χ3v) is 3.25. The maximum Gasteiger partial charge on any atom is 0.407 e. The Hall–Kier alpha value is -2.53. The number of hydrogen-bond donors (Lipinski definition) is 5. The van der Waals surface area contributed by atoms with E-state index in [-0.39, 0.29) is 12.9 Å². The van der Waals surface area contributed by atoms with Crippen LogP contribution < -0.4 is 5.32 Å². The van der Waals surface area contributed by atoms with Crippen molar-refractivity contribution >= 4 is 18.3 Å². The zero-order chi connectivity index (χ0) is 19.5. The molecule has 0 saturated carbocycles. The van der Waals surface area contributed by atoms with Gasteiger partial charge in [-0.2, -0.15) is 0 Å². The molecular formula is C16H21NO9. The van der Waals surface area contributed by atoms with Crippen LogP contribution in [-0.2, 0) is 25.7 Å². The third kappa shape index (κ3) is 7.15. The summed E-state index contributed by atoms with van der Waals surface area (Å²) in [7, 11) is 0. The summed E-state index contributed by atoms with van der Waals surface area (Å²) in [5.41, 5.74) is 0.737. The summed E-state index contributed by atoms with van der Waals surface area (Å²) in [6.45, 7) is -1.57. The minimum atomic E-state index is -1.93. The average molecular weight is 371 g/mol. The van der Waals surface area contributed by atoms with Crippen molar-refractivity contribution in [2.75, 3.05) is 13.2 Å². The molecule has 0 aliphatic carbocycles. The standard InChI is InChI=1S/C16H21NO9/c18-7-11(20)14(23)15(12(21)8-19)26-13(22)6-17-16(24)25-9-10-4-2-1-3-5-10/h1-5,8,11-12,14-15,18,20-21,23H,6-7,9H2,(H,17,24)/t11-,12+,14-,15-/m1/s1. The van der Waals surface area contributed by atoms with Gasteiger partial charge in [0.05, 0.1) is 6.61 Å². The van der Waals surface area contributed by atoms with E-state index in [9.17, 15) is 29.7 Å². The first-order chi connectivity index (χ1) is 12.4. The number of ether oxygens (including phenoxy) is 2. The molecule has 0 heterocycles. The second-order valence-electron chi connectivity index (χ2n) is 5.24. The Morgan fingerprint density at radius 2 is 1.81 bits per heavy atom. The quantitative estimate of drug-likeness (QED) is 0.233. The van der Waals surface area contributed by atoms with E-state index in [1.165, 1.54) is 0 Å². The van der Waals surface area contributed by atoms with Gasteiger partial charge in [-0.15, -0.1) is 0 Å². The largest absolute Gasteiger partial charge is 0.455 e. The highest BCUT2D eigenvalue weighted by molar-refractivity contribution is 5.78. The van der Waals surface area contributed by atoms with Crippen molar-refractivity contribution in [2.24, 2.45) is 0 Å². The first-order valence-electron chi connectivity index (χ1n) is 7.63. The highest BCUT2D eigenvalue weighted by Gasteiger charge is 2.35. The van der Waals surface area contributed by atoms with Crippen LogP contribution in [0.15, 0.2) is 30.3 Å². The number of nitrogens with one attached hydrogen (secondary N) is 1. The van der Waals surface area contributed by atoms with Crippen LogP contribution in [0.4, 0.5) is 4.79 Å². The number of aliphatic hydroxyl groups excluding tert-OH is 4. The van der Waals surface area contributed by atoms with Crippen molar-refractivity contribution in [1.29, 1.82) is 0 Å². The Labute approximate surface area is 149 Å². The van der Waals surface area contributed by atoms with Crippen molar-refractivity contribution in [3.05, 3.63) is 35.9 Å². The van der Waals surface area contributed by atoms with Gasteiger partial charge < -0.3 is 40.0 Å². The topological polar surface area (TPSA) is 163 Å². The summed E-state index contributed by atoms with van der Waals surface area (Å²) < 4.78 is 9.56. The first kappa shape index (κ1) is 21.5. The van der Waals surface area contributed by atoms with Crippen LogP contribution in [0.1, 0.15) is 5.56 Å². The lowest BCUT2D eigenvalue weighted by molar-refractivity contribution is -0.173. The van der Waals surface area contributed by atoms with E-state index < -0.39 is 49.6 Å². The first-order valence-corrected chi connectivity index (χ1v) is 7.63. The lowest BCUT2D eigenvalue weighted by atomic mass is 10.0. The maximum atomic E-state index is 11.7. The Morgan fingerprint density at radius 3 is 2.38 bits per heavy atom. The van der Waals surface area contributed by atoms with Crippen LogP contribution in [0.2, 0.25) is 0 Å². The van der Waals surface area contributed by atoms with Crippen LogP contribution in [0.5, 0.6) is 0 Å². The Bertz CT molecular complexity index is 580. The number of carbonyl (C=O) groups is 3. The average Bonchev–Trinajstić information content (AvgIpc) is 2.67. The number of aliphatic hydroxyl groups is 4. The number of esters is 1. The molecule has 144 valence electrons. The van der Waals surface area contributed by atoms with Gasteiger partial charge >= 0.3 is 12.1 Å². The van der Waals surface area contributed by atoms with E-state index in [1.807, 2.05) is 0 Å². The second-order valence-corrected chi connectivity index (χ2v) is 5.24. The predicted octanol–water partition coefficient (Wildman–Crippen LogP) is -1.90. The fourth-order valence-electron chi connectivity index (χ4n) is 1.86. The van der Waals surface area contributed by atoms with Gasteiger partial charge in [0.15, 0.2) is 12.4 Å². The lowest BCUT2D eigenvalue weighted by Gasteiger charge is -2.27. The van der Waals surface area contributed by atoms with Crippen molar-refractivity contribution < 1.29 is 44.3 Å². The maximum absolute atomic E-state index is 11.7. The molecule has 0 aliphatic rings. The van der Waals surface area contributed by atoms with E-state index >= 15 is 0 Å². The van der Waals surface area contributed by atoms with Crippen molar-refractivity contribution in [2.45, 2.75) is 31.0 Å². The summed E-state index contributed by atoms with van der Waals surface area (Å²) in [5, 5.41) is 39.4. The van der Waals surface area contributed by atoms with Crippen LogP contribution >= 0.6 is 0 Å². The fourth-order valence-corrected chi connectivity index (χ4v) is 1.86. The van der Waals surface area contributed by atoms with Gasteiger partial charge in [0.2, 0.25) is 0 Å². The van der Waals surface area contributed by atoms with Gasteiger partial charge in [-0.05, 0) is 5.56 Å². The predicted molar refractivity (Wildman–Crippen MR) is 85.7 cm³/mol. The number of alkyl carbamates (subject to hydrolysis) is 1. The van der Waals surface area contributed by atoms with Gasteiger partial charge in [0.1, 0.15) is 31.5 Å². The minimum absolute atomic E-state index is 0.00713. The normalized spacial score (nSPS) is 15.2. The van der Waals surface area contributed by atoms with Gasteiger partial charge in [-0.25, -0.2) is 4.79 Å². The molecule has 0 saturated heterocycles. The summed E-state index contributed by atoms with van der Waals surface area (Å²) >= 11 is 0. The number of benzene rings is 1. The molecule has 1 amide bonds. The SMILES string of the molecule is O=C[C@H](O)[C@@H](OC(=O)CNC(=O)OCc1ccccc1)[C@H](O)[C@H](O)CO. The summed E-state index contributed by atoms with van der Waals surface area (Å²) in [6, 6.07) is 8.80. The molecule has 0 fully saturated rings. The highest BCUT2D eigenvalue weighted by atomic mass is 16.6. The Morgan fingerprint density at radius 1 is 1.15 bits per heavy atom. The Kier molecular flexibility index (Phi) is 9.23. The highest BCUT2D eigenvalue weighted by Crippen LogP contribution is 2.09. The second kappa shape index (κ2) is 11.2. The zero-order valence-corrected chi connectivity index (χ0v) is 13.7. The summed E-state index contributed by atoms with van der Waals surface area (Å²) in [5.74, 6) is -1.10. The number of hydrogen-bond acceptors (Lipinski definition) is 9. The molecule has 1 aromatic carbocycles. The molecule has 0 bridgehead atoms. The molecule has 5 N–H and O–H groups in total. The fraction of sp³-hybridized carbons (Fsp3) is 0.438. The molecule has 0 unspecified atom stereocenters. The molecule has 0 aromatic heterocycles. The number of carbonyl (C=O) groups excluding carboxylic acids is 3. The van der Waals surface area contributed by atoms with Crippen LogP contribution in [0, 0.1) is 0 Å². The van der Waals surface area contributed by atoms with E-state index in [1.54, 1.807) is 30.3 Å². The van der Waals surface area contributed by atoms with Gasteiger partial charge in [-0.3, -0.25) is 4.79 Å². The van der Waals surface area contributed by atoms with E-state index in [2.05, 4.69) is 10.1 Å². The van der Waals surface area contributed by atoms with Crippen molar-refractivity contribution in [3.8, 4) is 0 Å². The third-order valence-electron chi connectivity index (χ3n) is 3.25. The molecule has 1 rings (SSSR count). The molecule has 10 nitrogen and oxygen atoms in total. The molecule has 10 heteroatoms. The molecule has 4 atom stereocenters. The van der Waals surface area contributed by atoms with Crippen molar-refractivity contribution in [1.82, 2.24) is 5.32 Å². The lowest BCUT2D eigenvalue weighted by Crippen LogP contribution is -2.49. The molecule has 0 spiro atoms. The van der Waals surface area contributed by atoms with E-state index in [0.717, 1.165) is 5.56 Å². The molecule has 0 radical (unpaired) electrons. The number of aldehydes is 1. The summed E-state index contributed by atoms with van der Waals surface area (Å²) in [6.07, 6.45) is -8.31. The van der Waals surface area contributed by atoms with Crippen LogP contribution in [-0.4, -0.2) is 76.3 Å². The monoisotopic (exact) mass is 371 g/mol. The van der Waals surface area contributed by atoms with E-state index in [0.29, 0.717) is 0 Å². The molecule has 26 heavy (non-hydrogen) atoms. The van der Waals surface area contributed by atoms with E-state index in [4.69, 9.17) is 9.84 Å². The van der Waals surface area contributed by atoms with Crippen LogP contribution in [0.25, 0.3) is 0 Å². The number of amides is 1. The molecular weight excluding hydrogens is 350 g/mol. The van der Waals surface area contributed by atoms with Gasteiger partial charge in [0.25, 0.3) is 0 Å². The number of rotatable bonds is 10. The minimum Gasteiger partial charge on any atom is -0.455 e. The molecule has 1 aromatic rings. The Balaban J connectivity index is 2.46. The van der Waals surface area contributed by atoms with Gasteiger partial charge in [-0.1, -0.05) is 30.3 Å².